The Morgan fingerprint density at radius 2 is 0.671 bits per heavy atom. The van der Waals surface area contributed by atoms with E-state index in [-0.39, 0.29) is 105 Å². The monoisotopic (exact) mass is 1230 g/mol. The SMILES string of the molecule is CCCCCCCCCCCCCCCCCCN1CC(C(=O)OCCCC)CC1=O.CCCCOC(=O)C1CC(=O)N(CCC(=O)O)C1.CCCCOC(=O)C1CC(=O)N(CCOC)C1.CCCCOC(=O)C1CC(=O)N(CCS(=O)(=O)O)C1. The molecule has 4 heterocycles. The van der Waals surface area contributed by atoms with E-state index in [9.17, 15) is 51.6 Å². The van der Waals surface area contributed by atoms with Crippen LogP contribution in [0.4, 0.5) is 0 Å². The summed E-state index contributed by atoms with van der Waals surface area (Å²) in [5.41, 5.74) is 0. The van der Waals surface area contributed by atoms with Crippen LogP contribution in [0.1, 0.15) is 221 Å². The fourth-order valence-electron chi connectivity index (χ4n) is 9.83. The van der Waals surface area contributed by atoms with Gasteiger partial charge in [-0.2, -0.15) is 8.42 Å². The largest absolute Gasteiger partial charge is 0.481 e. The molecular formula is C62H110N4O18S. The lowest BCUT2D eigenvalue weighted by molar-refractivity contribution is -0.149. The lowest BCUT2D eigenvalue weighted by Gasteiger charge is -2.16. The number of methoxy groups -OCH3 is 1. The molecule has 0 saturated carbocycles. The number of unbranched alkanes of at least 4 members (excludes halogenated alkanes) is 19. The number of carboxylic acids is 1. The average Bonchev–Trinajstić information content (AvgIpc) is 4.45. The van der Waals surface area contributed by atoms with Crippen molar-refractivity contribution in [2.75, 3.05) is 98.3 Å². The third-order valence-corrected chi connectivity index (χ3v) is 15.9. The van der Waals surface area contributed by atoms with Crippen LogP contribution in [-0.2, 0) is 77.0 Å². The topological polar surface area (TPSA) is 287 Å². The van der Waals surface area contributed by atoms with E-state index in [4.69, 9.17) is 33.3 Å². The number of carbonyl (C=O) groups excluding carboxylic acids is 8. The summed E-state index contributed by atoms with van der Waals surface area (Å²) in [5.74, 6) is -4.51. The summed E-state index contributed by atoms with van der Waals surface area (Å²) in [6.07, 6.45) is 29.6. The smallest absolute Gasteiger partial charge is 0.311 e. The van der Waals surface area contributed by atoms with Gasteiger partial charge in [0.2, 0.25) is 23.6 Å². The van der Waals surface area contributed by atoms with Crippen LogP contribution in [0.2, 0.25) is 0 Å². The van der Waals surface area contributed by atoms with E-state index in [1.807, 2.05) is 25.7 Å². The Morgan fingerprint density at radius 1 is 0.400 bits per heavy atom. The molecule has 492 valence electrons. The number of likely N-dealkylation sites (tertiary alicyclic amines) is 4. The minimum atomic E-state index is -4.10. The highest BCUT2D eigenvalue weighted by Gasteiger charge is 2.38. The molecule has 4 saturated heterocycles. The van der Waals surface area contributed by atoms with Crippen molar-refractivity contribution in [1.82, 2.24) is 19.6 Å². The van der Waals surface area contributed by atoms with Crippen molar-refractivity contribution >= 4 is 63.6 Å². The first-order valence-corrected chi connectivity index (χ1v) is 33.8. The van der Waals surface area contributed by atoms with Gasteiger partial charge in [-0.15, -0.1) is 0 Å². The van der Waals surface area contributed by atoms with Gasteiger partial charge in [-0.25, -0.2) is 0 Å². The molecule has 0 bridgehead atoms. The number of hydrogen-bond donors (Lipinski definition) is 2. The molecule has 4 amide bonds. The van der Waals surface area contributed by atoms with Crippen LogP contribution >= 0.6 is 0 Å². The summed E-state index contributed by atoms with van der Waals surface area (Å²) in [7, 11) is -2.51. The molecule has 85 heavy (non-hydrogen) atoms. The first kappa shape index (κ1) is 78.1. The number of rotatable bonds is 42. The molecule has 0 aliphatic carbocycles. The van der Waals surface area contributed by atoms with Gasteiger partial charge in [0.05, 0.1) is 68.9 Å². The minimum Gasteiger partial charge on any atom is -0.481 e. The maximum absolute atomic E-state index is 12.1. The fourth-order valence-corrected chi connectivity index (χ4v) is 10.3. The van der Waals surface area contributed by atoms with E-state index in [1.54, 1.807) is 12.0 Å². The normalized spacial score (nSPS) is 18.3. The number of hydrogen-bond acceptors (Lipinski definition) is 16. The summed E-state index contributed by atoms with van der Waals surface area (Å²) in [4.78, 5) is 110. The lowest BCUT2D eigenvalue weighted by Crippen LogP contribution is -2.31. The summed E-state index contributed by atoms with van der Waals surface area (Å²) < 4.78 is 55.2. The Hall–Kier alpha value is -4.90. The van der Waals surface area contributed by atoms with Gasteiger partial charge in [-0.1, -0.05) is 157 Å². The second kappa shape index (κ2) is 48.2. The van der Waals surface area contributed by atoms with Crippen molar-refractivity contribution in [3.8, 4) is 0 Å². The highest BCUT2D eigenvalue weighted by molar-refractivity contribution is 7.85. The Bertz CT molecular complexity index is 2040. The second-order valence-corrected chi connectivity index (χ2v) is 24.3. The van der Waals surface area contributed by atoms with Crippen molar-refractivity contribution in [2.45, 2.75) is 221 Å². The van der Waals surface area contributed by atoms with Crippen molar-refractivity contribution in [2.24, 2.45) is 23.7 Å². The van der Waals surface area contributed by atoms with Gasteiger partial charge in [0.25, 0.3) is 10.1 Å². The number of carboxylic acid groups (broad SMARTS) is 1. The first-order chi connectivity index (χ1) is 40.7. The maximum Gasteiger partial charge on any atom is 0.311 e. The Morgan fingerprint density at radius 3 is 0.953 bits per heavy atom. The van der Waals surface area contributed by atoms with Crippen LogP contribution in [0.5, 0.6) is 0 Å². The van der Waals surface area contributed by atoms with Gasteiger partial charge >= 0.3 is 29.8 Å². The summed E-state index contributed by atoms with van der Waals surface area (Å²) >= 11 is 0. The van der Waals surface area contributed by atoms with Gasteiger partial charge in [-0.3, -0.25) is 47.7 Å². The number of esters is 4. The third kappa shape index (κ3) is 37.4. The van der Waals surface area contributed by atoms with Crippen LogP contribution in [0, 0.1) is 23.7 Å². The van der Waals surface area contributed by atoms with Gasteiger partial charge in [-0.05, 0) is 32.1 Å². The predicted molar refractivity (Wildman–Crippen MR) is 322 cm³/mol. The third-order valence-electron chi connectivity index (χ3n) is 15.2. The Labute approximate surface area is 508 Å². The van der Waals surface area contributed by atoms with Crippen molar-refractivity contribution in [3.63, 3.8) is 0 Å². The van der Waals surface area contributed by atoms with E-state index in [2.05, 4.69) is 13.8 Å². The van der Waals surface area contributed by atoms with Crippen LogP contribution in [0.25, 0.3) is 0 Å². The van der Waals surface area contributed by atoms with Crippen molar-refractivity contribution in [3.05, 3.63) is 0 Å². The zero-order valence-corrected chi connectivity index (χ0v) is 53.7. The van der Waals surface area contributed by atoms with Gasteiger partial charge in [0.1, 0.15) is 0 Å². The zero-order valence-electron chi connectivity index (χ0n) is 52.8. The zero-order chi connectivity index (χ0) is 63.3. The molecule has 4 unspecified atom stereocenters. The number of ether oxygens (including phenoxy) is 5. The summed E-state index contributed by atoms with van der Waals surface area (Å²) in [5, 5.41) is 8.55. The van der Waals surface area contributed by atoms with Crippen molar-refractivity contribution in [1.29, 1.82) is 0 Å². The lowest BCUT2D eigenvalue weighted by atomic mass is 10.0. The average molecular weight is 1230 g/mol. The quantitative estimate of drug-likeness (QED) is 0.0249. The number of aliphatic carboxylic acids is 1. The second-order valence-electron chi connectivity index (χ2n) is 22.8. The molecule has 4 rings (SSSR count). The highest BCUT2D eigenvalue weighted by Crippen LogP contribution is 2.23. The molecule has 2 N–H and O–H groups in total. The molecule has 4 atom stereocenters. The molecule has 0 radical (unpaired) electrons. The van der Waals surface area contributed by atoms with Crippen LogP contribution in [0.3, 0.4) is 0 Å². The maximum atomic E-state index is 12.1. The van der Waals surface area contributed by atoms with Gasteiger partial charge in [0.15, 0.2) is 0 Å². The van der Waals surface area contributed by atoms with E-state index >= 15 is 0 Å². The molecule has 4 fully saturated rings. The summed E-state index contributed by atoms with van der Waals surface area (Å²) in [6.45, 7) is 15.4. The van der Waals surface area contributed by atoms with Gasteiger partial charge in [0, 0.05) is 85.2 Å². The van der Waals surface area contributed by atoms with Crippen LogP contribution < -0.4 is 0 Å². The van der Waals surface area contributed by atoms with E-state index in [0.717, 1.165) is 64.3 Å². The van der Waals surface area contributed by atoms with Crippen molar-refractivity contribution < 1.29 is 84.9 Å². The first-order valence-electron chi connectivity index (χ1n) is 32.2. The van der Waals surface area contributed by atoms with E-state index < -0.39 is 39.6 Å². The molecule has 0 aromatic rings. The van der Waals surface area contributed by atoms with E-state index in [1.165, 1.54) is 106 Å². The molecule has 0 spiro atoms. The molecule has 0 aromatic heterocycles. The van der Waals surface area contributed by atoms with Gasteiger partial charge < -0.3 is 48.4 Å². The Kier molecular flexibility index (Phi) is 44.2. The highest BCUT2D eigenvalue weighted by atomic mass is 32.2. The molecule has 23 heteroatoms. The van der Waals surface area contributed by atoms with Crippen LogP contribution in [0.15, 0.2) is 0 Å². The fraction of sp³-hybridized carbons (Fsp3) is 0.855. The number of amides is 4. The minimum absolute atomic E-state index is 0.0134. The number of nitrogens with zero attached hydrogens (tertiary/aromatic N) is 4. The molecule has 0 aromatic carbocycles. The molecule has 4 aliphatic rings. The molecule has 22 nitrogen and oxygen atoms in total. The molecule has 4 aliphatic heterocycles. The molecular weight excluding hydrogens is 1120 g/mol. The number of carbonyl (C=O) groups is 9. The van der Waals surface area contributed by atoms with Crippen LogP contribution in [-0.4, -0.2) is 189 Å². The Balaban J connectivity index is 0.000000587. The standard InChI is InChI=1S/C27H51NO3.C12H19NO5.C12H21NO4.C11H19NO6S/c1-3-5-7-8-9-10-11-12-13-14-15-16-17-18-19-20-21-28-24-25(23-26(28)29)27(30)31-22-6-4-2;1-2-3-6-18-12(17)9-7-10(14)13(8-9)5-4-11(15)16;1-3-4-6-17-12(15)10-8-11(14)13(9-10)5-7-16-2;1-2-3-5-18-11(14)9-7-10(13)12(8-9)4-6-19(15,16)17/h25H,3-24H2,1-2H3;9H,2-8H2,1H3,(H,15,16);10H,3-9H2,1-2H3;9H,2-8H2,1H3,(H,15,16,17). The predicted octanol–water partition coefficient (Wildman–Crippen LogP) is 8.98. The summed E-state index contributed by atoms with van der Waals surface area (Å²) in [6, 6.07) is 0. The van der Waals surface area contributed by atoms with E-state index in [0.29, 0.717) is 59.1 Å².